The number of hydrogen-bond donors (Lipinski definition) is 3. The van der Waals surface area contributed by atoms with Gasteiger partial charge in [0.1, 0.15) is 29.2 Å². The topological polar surface area (TPSA) is 117 Å². The number of benzene rings is 3. The fourth-order valence-corrected chi connectivity index (χ4v) is 4.57. The Labute approximate surface area is 254 Å². The quantitative estimate of drug-likeness (QED) is 0.244. The van der Waals surface area contributed by atoms with Gasteiger partial charge in [0, 0.05) is 17.6 Å². The Morgan fingerprint density at radius 3 is 2.02 bits per heavy atom. The van der Waals surface area contributed by atoms with Crippen molar-refractivity contribution in [1.82, 2.24) is 10.2 Å². The Bertz CT molecular complexity index is 1370. The molecule has 3 amide bonds. The molecular formula is C34H43N3O6. The van der Waals surface area contributed by atoms with E-state index in [0.29, 0.717) is 29.0 Å². The van der Waals surface area contributed by atoms with Crippen molar-refractivity contribution in [1.29, 1.82) is 0 Å². The number of alkyl carbamates (subject to hydrolysis) is 1. The molecule has 0 radical (unpaired) electrons. The van der Waals surface area contributed by atoms with E-state index in [4.69, 9.17) is 9.47 Å². The van der Waals surface area contributed by atoms with Gasteiger partial charge in [0.25, 0.3) is 5.91 Å². The maximum Gasteiger partial charge on any atom is 0.408 e. The molecule has 0 aliphatic carbocycles. The van der Waals surface area contributed by atoms with E-state index in [-0.39, 0.29) is 12.2 Å². The van der Waals surface area contributed by atoms with E-state index in [2.05, 4.69) is 10.6 Å². The van der Waals surface area contributed by atoms with Crippen LogP contribution in [0.15, 0.2) is 78.9 Å². The summed E-state index contributed by atoms with van der Waals surface area (Å²) in [4.78, 5) is 43.4. The molecule has 0 saturated carbocycles. The van der Waals surface area contributed by atoms with E-state index in [1.54, 1.807) is 81.3 Å². The van der Waals surface area contributed by atoms with E-state index >= 15 is 0 Å². The van der Waals surface area contributed by atoms with Crippen molar-refractivity contribution in [2.45, 2.75) is 77.6 Å². The minimum Gasteiger partial charge on any atom is -0.508 e. The molecule has 0 spiro atoms. The number of phenolic OH excluding ortho intramolecular Hbond substituents is 1. The van der Waals surface area contributed by atoms with Crippen molar-refractivity contribution < 1.29 is 29.0 Å². The lowest BCUT2D eigenvalue weighted by Crippen LogP contribution is -2.59. The molecule has 3 rings (SSSR count). The van der Waals surface area contributed by atoms with Gasteiger partial charge in [-0.2, -0.15) is 0 Å². The van der Waals surface area contributed by atoms with Crippen LogP contribution in [-0.2, 0) is 20.7 Å². The van der Waals surface area contributed by atoms with Crippen LogP contribution in [-0.4, -0.2) is 52.2 Å². The average molecular weight is 590 g/mol. The van der Waals surface area contributed by atoms with E-state index in [1.807, 2.05) is 39.0 Å². The molecule has 230 valence electrons. The highest BCUT2D eigenvalue weighted by Crippen LogP contribution is 2.33. The van der Waals surface area contributed by atoms with Gasteiger partial charge in [-0.15, -0.1) is 0 Å². The maximum atomic E-state index is 14.7. The number of hydrogen-bond acceptors (Lipinski definition) is 6. The zero-order valence-electron chi connectivity index (χ0n) is 26.0. The molecule has 0 aromatic heterocycles. The number of anilines is 1. The smallest absolute Gasteiger partial charge is 0.408 e. The van der Waals surface area contributed by atoms with Crippen molar-refractivity contribution in [3.05, 3.63) is 90.0 Å². The Morgan fingerprint density at radius 1 is 0.884 bits per heavy atom. The average Bonchev–Trinajstić information content (AvgIpc) is 2.96. The predicted octanol–water partition coefficient (Wildman–Crippen LogP) is 6.23. The SMILES string of the molecule is CCC(C)(C)N(C(=O)C(Cc1ccc(O)cc1)NC(=O)OC(C)(C)C)C(C(=O)Nc1ccc(OC)cc1)c1ccccc1. The number of carbonyl (C=O) groups is 3. The second-order valence-corrected chi connectivity index (χ2v) is 12.0. The number of nitrogens with zero attached hydrogens (tertiary/aromatic N) is 1. The van der Waals surface area contributed by atoms with Crippen LogP contribution in [0.2, 0.25) is 0 Å². The number of amides is 3. The summed E-state index contributed by atoms with van der Waals surface area (Å²) in [6.45, 7) is 11.0. The number of aromatic hydroxyl groups is 1. The van der Waals surface area contributed by atoms with Crippen LogP contribution >= 0.6 is 0 Å². The molecule has 3 aromatic rings. The number of ether oxygens (including phenoxy) is 2. The molecule has 0 aliphatic rings. The Morgan fingerprint density at radius 2 is 1.49 bits per heavy atom. The normalized spacial score (nSPS) is 12.9. The fraction of sp³-hybridized carbons (Fsp3) is 0.382. The van der Waals surface area contributed by atoms with E-state index < -0.39 is 41.1 Å². The highest BCUT2D eigenvalue weighted by molar-refractivity contribution is 5.99. The van der Waals surface area contributed by atoms with Crippen LogP contribution in [0.5, 0.6) is 11.5 Å². The zero-order chi connectivity index (χ0) is 31.8. The van der Waals surface area contributed by atoms with Gasteiger partial charge in [-0.05, 0) is 88.6 Å². The highest BCUT2D eigenvalue weighted by atomic mass is 16.6. The van der Waals surface area contributed by atoms with Crippen molar-refractivity contribution in [2.75, 3.05) is 12.4 Å². The van der Waals surface area contributed by atoms with Crippen LogP contribution in [0.3, 0.4) is 0 Å². The molecule has 43 heavy (non-hydrogen) atoms. The highest BCUT2D eigenvalue weighted by Gasteiger charge is 2.43. The first-order valence-electron chi connectivity index (χ1n) is 14.3. The van der Waals surface area contributed by atoms with Crippen molar-refractivity contribution in [2.24, 2.45) is 0 Å². The van der Waals surface area contributed by atoms with Gasteiger partial charge in [0.2, 0.25) is 5.91 Å². The van der Waals surface area contributed by atoms with E-state index in [1.165, 1.54) is 12.1 Å². The lowest BCUT2D eigenvalue weighted by molar-refractivity contribution is -0.147. The lowest BCUT2D eigenvalue weighted by atomic mass is 9.91. The van der Waals surface area contributed by atoms with Crippen molar-refractivity contribution in [3.8, 4) is 11.5 Å². The zero-order valence-corrected chi connectivity index (χ0v) is 26.0. The number of rotatable bonds is 11. The molecule has 2 atom stereocenters. The third-order valence-corrected chi connectivity index (χ3v) is 7.10. The minimum atomic E-state index is -1.08. The first-order valence-corrected chi connectivity index (χ1v) is 14.3. The molecular weight excluding hydrogens is 546 g/mol. The molecule has 0 aliphatic heterocycles. The molecule has 2 unspecified atom stereocenters. The Hall–Kier alpha value is -4.53. The standard InChI is InChI=1S/C34H43N3O6/c1-8-34(5,6)37(29(24-12-10-9-11-13-24)30(39)35-25-16-20-27(42-7)21-17-25)31(40)28(36-32(41)43-33(2,3)4)22-23-14-18-26(38)19-15-23/h9-21,28-29,38H,8,22H2,1-7H3,(H,35,39)(H,36,41). The van der Waals surface area contributed by atoms with Gasteiger partial charge < -0.3 is 30.1 Å². The summed E-state index contributed by atoms with van der Waals surface area (Å²) >= 11 is 0. The maximum absolute atomic E-state index is 14.7. The molecule has 3 N–H and O–H groups in total. The summed E-state index contributed by atoms with van der Waals surface area (Å²) in [5.41, 5.74) is 0.270. The summed E-state index contributed by atoms with van der Waals surface area (Å²) in [5.74, 6) is -0.136. The Balaban J connectivity index is 2.09. The summed E-state index contributed by atoms with van der Waals surface area (Å²) in [6.07, 6.45) is -0.121. The third kappa shape index (κ3) is 9.23. The summed E-state index contributed by atoms with van der Waals surface area (Å²) in [5, 5.41) is 15.5. The number of phenols is 1. The van der Waals surface area contributed by atoms with Crippen LogP contribution < -0.4 is 15.4 Å². The molecule has 0 bridgehead atoms. The molecule has 0 saturated heterocycles. The summed E-state index contributed by atoms with van der Waals surface area (Å²) in [6, 6.07) is 20.3. The van der Waals surface area contributed by atoms with E-state index in [9.17, 15) is 19.5 Å². The second kappa shape index (κ2) is 14.1. The molecule has 9 nitrogen and oxygen atoms in total. The van der Waals surface area contributed by atoms with Gasteiger partial charge in [-0.1, -0.05) is 49.4 Å². The first kappa shape index (κ1) is 33.0. The number of nitrogens with one attached hydrogen (secondary N) is 2. The summed E-state index contributed by atoms with van der Waals surface area (Å²) < 4.78 is 10.7. The van der Waals surface area contributed by atoms with Crippen molar-refractivity contribution in [3.63, 3.8) is 0 Å². The van der Waals surface area contributed by atoms with Crippen molar-refractivity contribution >= 4 is 23.6 Å². The fourth-order valence-electron chi connectivity index (χ4n) is 4.57. The number of carbonyl (C=O) groups excluding carboxylic acids is 3. The molecule has 0 fully saturated rings. The largest absolute Gasteiger partial charge is 0.508 e. The minimum absolute atomic E-state index is 0.0832. The monoisotopic (exact) mass is 589 g/mol. The first-order chi connectivity index (χ1) is 20.2. The Kier molecular flexibility index (Phi) is 10.8. The predicted molar refractivity (Wildman–Crippen MR) is 167 cm³/mol. The van der Waals surface area contributed by atoms with Gasteiger partial charge in [-0.3, -0.25) is 9.59 Å². The molecule has 3 aromatic carbocycles. The number of methoxy groups -OCH3 is 1. The second-order valence-electron chi connectivity index (χ2n) is 12.0. The third-order valence-electron chi connectivity index (χ3n) is 7.10. The van der Waals surface area contributed by atoms with E-state index in [0.717, 1.165) is 0 Å². The van der Waals surface area contributed by atoms with Crippen LogP contribution in [0.25, 0.3) is 0 Å². The lowest BCUT2D eigenvalue weighted by Gasteiger charge is -2.44. The van der Waals surface area contributed by atoms with Crippen LogP contribution in [0, 0.1) is 0 Å². The summed E-state index contributed by atoms with van der Waals surface area (Å²) in [7, 11) is 1.56. The van der Waals surface area contributed by atoms with Gasteiger partial charge in [0.05, 0.1) is 7.11 Å². The van der Waals surface area contributed by atoms with Gasteiger partial charge in [-0.25, -0.2) is 4.79 Å². The van der Waals surface area contributed by atoms with Gasteiger partial charge >= 0.3 is 6.09 Å². The van der Waals surface area contributed by atoms with Crippen LogP contribution in [0.1, 0.15) is 65.1 Å². The molecule has 0 heterocycles. The molecule has 9 heteroatoms. The van der Waals surface area contributed by atoms with Gasteiger partial charge in [0.15, 0.2) is 0 Å². The van der Waals surface area contributed by atoms with Crippen LogP contribution in [0.4, 0.5) is 10.5 Å².